The van der Waals surface area contributed by atoms with Gasteiger partial charge in [-0.2, -0.15) is 0 Å². The van der Waals surface area contributed by atoms with Crippen LogP contribution in [-0.2, 0) is 57.6 Å². The van der Waals surface area contributed by atoms with Crippen molar-refractivity contribution in [2.75, 3.05) is 52.9 Å². The lowest BCUT2D eigenvalue weighted by atomic mass is 9.49. The maximum absolute atomic E-state index is 13.8. The Kier molecular flexibility index (Phi) is 17.7. The first-order chi connectivity index (χ1) is 35.7. The first-order valence-electron chi connectivity index (χ1n) is 28.3. The van der Waals surface area contributed by atoms with Gasteiger partial charge in [0.25, 0.3) is 0 Å². The molecule has 0 saturated heterocycles. The largest absolute Gasteiger partial charge is 0.491 e. The highest BCUT2D eigenvalue weighted by molar-refractivity contribution is 5.78. The molecule has 0 aromatic heterocycles. The number of benzene rings is 4. The van der Waals surface area contributed by atoms with Crippen molar-refractivity contribution < 1.29 is 48.2 Å². The van der Waals surface area contributed by atoms with E-state index in [-0.39, 0.29) is 79.7 Å². The van der Waals surface area contributed by atoms with E-state index in [2.05, 4.69) is 130 Å². The summed E-state index contributed by atoms with van der Waals surface area (Å²) in [4.78, 5) is 27.5. The van der Waals surface area contributed by atoms with E-state index in [1.165, 1.54) is 33.4 Å². The molecule has 2 fully saturated rings. The van der Waals surface area contributed by atoms with Crippen molar-refractivity contribution in [3.63, 3.8) is 0 Å². The fourth-order valence-electron chi connectivity index (χ4n) is 14.0. The van der Waals surface area contributed by atoms with Crippen LogP contribution in [0.5, 0.6) is 11.5 Å². The van der Waals surface area contributed by atoms with E-state index >= 15 is 0 Å². The van der Waals surface area contributed by atoms with Crippen LogP contribution in [0.15, 0.2) is 84.9 Å². The van der Waals surface area contributed by atoms with Gasteiger partial charge in [-0.05, 0) is 168 Å². The number of fused-ring (bicyclic) bond motifs is 6. The lowest BCUT2D eigenvalue weighted by Gasteiger charge is -2.54. The zero-order valence-electron chi connectivity index (χ0n) is 46.9. The lowest BCUT2D eigenvalue weighted by molar-refractivity contribution is -0.169. The minimum absolute atomic E-state index is 0.0467. The Morgan fingerprint density at radius 2 is 0.933 bits per heavy atom. The molecule has 8 rings (SSSR count). The van der Waals surface area contributed by atoms with Crippen LogP contribution < -0.4 is 9.47 Å². The Hall–Kier alpha value is -4.74. The average molecular weight is 1030 g/mol. The summed E-state index contributed by atoms with van der Waals surface area (Å²) in [7, 11) is 0. The van der Waals surface area contributed by atoms with Gasteiger partial charge in [0.1, 0.15) is 50.1 Å². The third-order valence-electron chi connectivity index (χ3n) is 18.6. The number of aliphatic hydroxyl groups excluding tert-OH is 2. The summed E-state index contributed by atoms with van der Waals surface area (Å²) in [6.07, 6.45) is 7.66. The van der Waals surface area contributed by atoms with Gasteiger partial charge in [-0.15, -0.1) is 0 Å². The fourth-order valence-corrected chi connectivity index (χ4v) is 14.0. The van der Waals surface area contributed by atoms with Gasteiger partial charge in [-0.3, -0.25) is 9.59 Å². The first kappa shape index (κ1) is 56.5. The molecule has 4 aromatic rings. The normalized spacial score (nSPS) is 26.1. The Balaban J connectivity index is 0.701. The molecular weight excluding hydrogens is 941 g/mol. The van der Waals surface area contributed by atoms with Gasteiger partial charge in [0, 0.05) is 5.41 Å². The molecule has 408 valence electrons. The van der Waals surface area contributed by atoms with Gasteiger partial charge in [-0.25, -0.2) is 0 Å². The fraction of sp³-hybridized carbons (Fsp3) is 0.600. The Morgan fingerprint density at radius 3 is 1.31 bits per heavy atom. The lowest BCUT2D eigenvalue weighted by Crippen LogP contribution is -2.53. The van der Waals surface area contributed by atoms with E-state index < -0.39 is 23.0 Å². The van der Waals surface area contributed by atoms with E-state index in [4.69, 9.17) is 28.4 Å². The smallest absolute Gasteiger partial charge is 0.312 e. The van der Waals surface area contributed by atoms with E-state index in [1.807, 2.05) is 24.3 Å². The first-order valence-corrected chi connectivity index (χ1v) is 28.3. The van der Waals surface area contributed by atoms with Crippen LogP contribution >= 0.6 is 0 Å². The van der Waals surface area contributed by atoms with Gasteiger partial charge >= 0.3 is 11.9 Å². The number of aryl methyl sites for hydroxylation is 2. The summed E-state index contributed by atoms with van der Waals surface area (Å²) < 4.78 is 35.1. The summed E-state index contributed by atoms with van der Waals surface area (Å²) in [6, 6.07) is 30.0. The highest BCUT2D eigenvalue weighted by atomic mass is 16.6. The Morgan fingerprint density at radius 1 is 0.547 bits per heavy atom. The highest BCUT2D eigenvalue weighted by Crippen LogP contribution is 2.59. The van der Waals surface area contributed by atoms with Crippen LogP contribution in [0, 0.1) is 22.7 Å². The number of esters is 2. The Bertz CT molecular complexity index is 2390. The quantitative estimate of drug-likeness (QED) is 0.0580. The van der Waals surface area contributed by atoms with Crippen molar-refractivity contribution in [1.82, 2.24) is 0 Å². The second-order valence-electron chi connectivity index (χ2n) is 24.7. The number of rotatable bonds is 22. The summed E-state index contributed by atoms with van der Waals surface area (Å²) in [6.45, 7) is 23.2. The molecular formula is C65H88O10. The van der Waals surface area contributed by atoms with E-state index in [0.717, 1.165) is 86.8 Å². The second kappa shape index (κ2) is 23.5. The van der Waals surface area contributed by atoms with Crippen molar-refractivity contribution >= 4 is 11.9 Å². The molecule has 0 radical (unpaired) electrons. The van der Waals surface area contributed by atoms with E-state index in [0.29, 0.717) is 25.0 Å². The maximum atomic E-state index is 13.8. The molecule has 4 aromatic carbocycles. The van der Waals surface area contributed by atoms with Gasteiger partial charge in [-0.1, -0.05) is 129 Å². The summed E-state index contributed by atoms with van der Waals surface area (Å²) >= 11 is 0. The molecule has 2 N–H and O–H groups in total. The van der Waals surface area contributed by atoms with Gasteiger partial charge in [0.2, 0.25) is 0 Å². The SMILES string of the molecule is CC(C)c1ccc2c(c1)CCC1C(C)(C(=O)OCC(O)COCCOc3ccc(C(C)(C)c4ccc(OCCOCC(O)COC(=O)C5(C)CCCC6(C)c7ccc(C(C)C)cc7CCC56)cc4)cc3)CCCC21C. The summed E-state index contributed by atoms with van der Waals surface area (Å²) in [5, 5.41) is 21.4. The van der Waals surface area contributed by atoms with Crippen molar-refractivity contribution in [2.24, 2.45) is 22.7 Å². The molecule has 0 heterocycles. The number of aliphatic hydroxyl groups is 2. The number of carbonyl (C=O) groups is 2. The second-order valence-corrected chi connectivity index (χ2v) is 24.7. The van der Waals surface area contributed by atoms with Crippen LogP contribution in [0.25, 0.3) is 0 Å². The molecule has 4 aliphatic carbocycles. The standard InChI is InChI=1S/C65H88O10/c1-43(2)45-13-25-55-47(37-45)15-27-57-62(55,7)29-11-31-64(57,9)59(68)74-41-51(66)39-70-33-35-72-53-21-17-49(18-22-53)61(5,6)50-19-23-54(24-20-50)73-36-34-71-40-52(67)42-75-60(69)65(10)32-12-30-63(8)56-26-14-46(44(3)4)38-48(56)16-28-58(63)65/h13-14,17-26,37-38,43-44,51-52,57-58,66-67H,11-12,15-16,27-36,39-42H2,1-10H3. The van der Waals surface area contributed by atoms with E-state index in [1.54, 1.807) is 0 Å². The minimum Gasteiger partial charge on any atom is -0.491 e. The monoisotopic (exact) mass is 1030 g/mol. The van der Waals surface area contributed by atoms with E-state index in [9.17, 15) is 19.8 Å². The van der Waals surface area contributed by atoms with Gasteiger partial charge in [0.15, 0.2) is 0 Å². The number of hydrogen-bond acceptors (Lipinski definition) is 10. The molecule has 8 atom stereocenters. The zero-order chi connectivity index (χ0) is 53.8. The number of ether oxygens (including phenoxy) is 6. The molecule has 0 aliphatic heterocycles. The van der Waals surface area contributed by atoms with Gasteiger partial charge in [0.05, 0.1) is 37.3 Å². The average Bonchev–Trinajstić information content (AvgIpc) is 3.39. The molecule has 75 heavy (non-hydrogen) atoms. The summed E-state index contributed by atoms with van der Waals surface area (Å²) in [5.74, 6) is 2.35. The van der Waals surface area contributed by atoms with Crippen LogP contribution in [0.1, 0.15) is 177 Å². The number of carbonyl (C=O) groups excluding carboxylic acids is 2. The molecule has 0 bridgehead atoms. The molecule has 10 nitrogen and oxygen atoms in total. The van der Waals surface area contributed by atoms with Crippen molar-refractivity contribution in [1.29, 1.82) is 0 Å². The van der Waals surface area contributed by atoms with Gasteiger partial charge < -0.3 is 38.6 Å². The summed E-state index contributed by atoms with van der Waals surface area (Å²) in [5.41, 5.74) is 8.98. The van der Waals surface area contributed by atoms with Crippen molar-refractivity contribution in [3.05, 3.63) is 129 Å². The molecule has 8 unspecified atom stereocenters. The zero-order valence-corrected chi connectivity index (χ0v) is 46.9. The highest BCUT2D eigenvalue weighted by Gasteiger charge is 2.57. The molecule has 2 saturated carbocycles. The van der Waals surface area contributed by atoms with Crippen molar-refractivity contribution in [2.45, 2.75) is 174 Å². The molecule has 10 heteroatoms. The predicted molar refractivity (Wildman–Crippen MR) is 295 cm³/mol. The Labute approximate surface area is 448 Å². The topological polar surface area (TPSA) is 130 Å². The van der Waals surface area contributed by atoms with Crippen LogP contribution in [0.4, 0.5) is 0 Å². The third-order valence-corrected chi connectivity index (χ3v) is 18.6. The van der Waals surface area contributed by atoms with Crippen LogP contribution in [0.3, 0.4) is 0 Å². The number of hydrogen-bond donors (Lipinski definition) is 2. The molecule has 0 amide bonds. The van der Waals surface area contributed by atoms with Crippen LogP contribution in [0.2, 0.25) is 0 Å². The maximum Gasteiger partial charge on any atom is 0.312 e. The van der Waals surface area contributed by atoms with Crippen LogP contribution in [-0.4, -0.2) is 87.2 Å². The minimum atomic E-state index is -0.927. The third kappa shape index (κ3) is 12.0. The predicted octanol–water partition coefficient (Wildman–Crippen LogP) is 12.3. The van der Waals surface area contributed by atoms with Crippen molar-refractivity contribution in [3.8, 4) is 11.5 Å². The molecule has 4 aliphatic rings. The molecule has 0 spiro atoms.